The Morgan fingerprint density at radius 1 is 1.19 bits per heavy atom. The molecule has 2 heterocycles. The third-order valence-electron chi connectivity index (χ3n) is 4.08. The molecule has 0 fully saturated rings. The maximum absolute atomic E-state index is 12.3. The first-order chi connectivity index (χ1) is 12.6. The standard InChI is InChI=1S/C19H21N5OS/c1-13(22-19(25)23-15-7-9-16(26-3)10-8-15)17-12-21-24(14(17)2)18-6-4-5-11-20-18/h4-13H,1-3H3,(H2,22,23,25)/t13-/m1/s1. The van der Waals surface area contributed by atoms with Crippen molar-refractivity contribution in [3.05, 3.63) is 66.1 Å². The van der Waals surface area contributed by atoms with E-state index in [1.54, 1.807) is 28.8 Å². The second kappa shape index (κ2) is 8.05. The van der Waals surface area contributed by atoms with Crippen LogP contribution in [0.25, 0.3) is 5.82 Å². The van der Waals surface area contributed by atoms with Gasteiger partial charge in [-0.05, 0) is 56.5 Å². The van der Waals surface area contributed by atoms with Crippen LogP contribution in [0.5, 0.6) is 0 Å². The van der Waals surface area contributed by atoms with Gasteiger partial charge in [-0.2, -0.15) is 5.10 Å². The van der Waals surface area contributed by atoms with Gasteiger partial charge in [-0.15, -0.1) is 11.8 Å². The van der Waals surface area contributed by atoms with Gasteiger partial charge in [0, 0.05) is 28.0 Å². The van der Waals surface area contributed by atoms with Crippen molar-refractivity contribution < 1.29 is 4.79 Å². The first-order valence-electron chi connectivity index (χ1n) is 8.26. The molecule has 0 aliphatic carbocycles. The molecular weight excluding hydrogens is 346 g/mol. The van der Waals surface area contributed by atoms with Crippen molar-refractivity contribution >= 4 is 23.5 Å². The van der Waals surface area contributed by atoms with E-state index in [1.165, 1.54) is 0 Å². The molecule has 6 nitrogen and oxygen atoms in total. The van der Waals surface area contributed by atoms with Crippen LogP contribution in [0, 0.1) is 6.92 Å². The second-order valence-corrected chi connectivity index (χ2v) is 6.71. The minimum Gasteiger partial charge on any atom is -0.331 e. The smallest absolute Gasteiger partial charge is 0.319 e. The predicted octanol–water partition coefficient (Wildman–Crippen LogP) is 4.18. The summed E-state index contributed by atoms with van der Waals surface area (Å²) in [6.45, 7) is 3.90. The summed E-state index contributed by atoms with van der Waals surface area (Å²) in [5.74, 6) is 0.752. The van der Waals surface area contributed by atoms with Crippen LogP contribution in [-0.4, -0.2) is 27.1 Å². The molecule has 0 aliphatic heterocycles. The van der Waals surface area contributed by atoms with Crippen molar-refractivity contribution in [3.63, 3.8) is 0 Å². The Morgan fingerprint density at radius 2 is 1.96 bits per heavy atom. The Balaban J connectivity index is 1.67. The van der Waals surface area contributed by atoms with Crippen molar-refractivity contribution in [2.24, 2.45) is 0 Å². The van der Waals surface area contributed by atoms with E-state index in [0.29, 0.717) is 0 Å². The number of carbonyl (C=O) groups is 1. The molecular formula is C19H21N5OS. The number of hydrogen-bond donors (Lipinski definition) is 2. The number of aromatic nitrogens is 3. The zero-order chi connectivity index (χ0) is 18.5. The molecule has 1 atom stereocenters. The largest absolute Gasteiger partial charge is 0.331 e. The second-order valence-electron chi connectivity index (χ2n) is 5.83. The fourth-order valence-corrected chi connectivity index (χ4v) is 3.08. The Morgan fingerprint density at radius 3 is 2.62 bits per heavy atom. The quantitative estimate of drug-likeness (QED) is 0.664. The fourth-order valence-electron chi connectivity index (χ4n) is 2.67. The van der Waals surface area contributed by atoms with Gasteiger partial charge in [0.05, 0.1) is 12.2 Å². The summed E-state index contributed by atoms with van der Waals surface area (Å²) in [7, 11) is 0. The van der Waals surface area contributed by atoms with Gasteiger partial charge in [-0.1, -0.05) is 6.07 Å². The van der Waals surface area contributed by atoms with E-state index >= 15 is 0 Å². The van der Waals surface area contributed by atoms with E-state index in [-0.39, 0.29) is 12.1 Å². The number of thioether (sulfide) groups is 1. The lowest BCUT2D eigenvalue weighted by molar-refractivity contribution is 0.249. The number of benzene rings is 1. The maximum atomic E-state index is 12.3. The number of hydrogen-bond acceptors (Lipinski definition) is 4. The van der Waals surface area contributed by atoms with Gasteiger partial charge in [-0.25, -0.2) is 14.5 Å². The van der Waals surface area contributed by atoms with Crippen LogP contribution < -0.4 is 10.6 Å². The van der Waals surface area contributed by atoms with E-state index in [1.807, 2.05) is 62.6 Å². The summed E-state index contributed by atoms with van der Waals surface area (Å²) in [5.41, 5.74) is 2.65. The Kier molecular flexibility index (Phi) is 5.58. The van der Waals surface area contributed by atoms with Crippen LogP contribution in [0.4, 0.5) is 10.5 Å². The van der Waals surface area contributed by atoms with Crippen LogP contribution >= 0.6 is 11.8 Å². The molecule has 2 amide bonds. The predicted molar refractivity (Wildman–Crippen MR) is 105 cm³/mol. The highest BCUT2D eigenvalue weighted by Gasteiger charge is 2.16. The van der Waals surface area contributed by atoms with Gasteiger partial charge in [0.1, 0.15) is 0 Å². The highest BCUT2D eigenvalue weighted by atomic mass is 32.2. The molecule has 0 radical (unpaired) electrons. The normalized spacial score (nSPS) is 11.8. The van der Waals surface area contributed by atoms with Gasteiger partial charge < -0.3 is 10.6 Å². The van der Waals surface area contributed by atoms with Crippen molar-refractivity contribution in [1.29, 1.82) is 0 Å². The number of urea groups is 1. The van der Waals surface area contributed by atoms with Gasteiger partial charge in [0.15, 0.2) is 5.82 Å². The number of nitrogens with one attached hydrogen (secondary N) is 2. The molecule has 0 bridgehead atoms. The van der Waals surface area contributed by atoms with Crippen LogP contribution in [0.1, 0.15) is 24.2 Å². The van der Waals surface area contributed by atoms with Crippen molar-refractivity contribution in [3.8, 4) is 5.82 Å². The van der Waals surface area contributed by atoms with E-state index in [9.17, 15) is 4.79 Å². The van der Waals surface area contributed by atoms with Crippen molar-refractivity contribution in [1.82, 2.24) is 20.1 Å². The molecule has 26 heavy (non-hydrogen) atoms. The van der Waals surface area contributed by atoms with Crippen LogP contribution in [0.2, 0.25) is 0 Å². The molecule has 0 spiro atoms. The monoisotopic (exact) mass is 367 g/mol. The number of nitrogens with zero attached hydrogens (tertiary/aromatic N) is 3. The minimum absolute atomic E-state index is 0.182. The van der Waals surface area contributed by atoms with E-state index in [0.717, 1.165) is 27.7 Å². The van der Waals surface area contributed by atoms with Gasteiger partial charge in [-0.3, -0.25) is 0 Å². The Labute approximate surface area is 157 Å². The van der Waals surface area contributed by atoms with Crippen LogP contribution in [0.3, 0.4) is 0 Å². The third-order valence-corrected chi connectivity index (χ3v) is 4.82. The van der Waals surface area contributed by atoms with Crippen molar-refractivity contribution in [2.75, 3.05) is 11.6 Å². The lowest BCUT2D eigenvalue weighted by Crippen LogP contribution is -2.31. The van der Waals surface area contributed by atoms with E-state index in [2.05, 4.69) is 20.7 Å². The Hall–Kier alpha value is -2.80. The van der Waals surface area contributed by atoms with E-state index < -0.39 is 0 Å². The zero-order valence-corrected chi connectivity index (χ0v) is 15.7. The lowest BCUT2D eigenvalue weighted by Gasteiger charge is -2.15. The number of carbonyl (C=O) groups excluding carboxylic acids is 1. The SMILES string of the molecule is CSc1ccc(NC(=O)N[C@H](C)c2cnn(-c3ccccn3)c2C)cc1. The Bertz CT molecular complexity index is 877. The van der Waals surface area contributed by atoms with Gasteiger partial charge in [0.2, 0.25) is 0 Å². The summed E-state index contributed by atoms with van der Waals surface area (Å²) in [6, 6.07) is 13.0. The van der Waals surface area contributed by atoms with Gasteiger partial charge >= 0.3 is 6.03 Å². The highest BCUT2D eigenvalue weighted by molar-refractivity contribution is 7.98. The minimum atomic E-state index is -0.251. The molecule has 2 aromatic heterocycles. The molecule has 134 valence electrons. The summed E-state index contributed by atoms with van der Waals surface area (Å²) in [4.78, 5) is 17.7. The van der Waals surface area contributed by atoms with Gasteiger partial charge in [0.25, 0.3) is 0 Å². The molecule has 3 aromatic rings. The number of anilines is 1. The lowest BCUT2D eigenvalue weighted by atomic mass is 10.1. The van der Waals surface area contributed by atoms with Crippen LogP contribution in [0.15, 0.2) is 59.8 Å². The molecule has 3 rings (SSSR count). The third kappa shape index (κ3) is 4.05. The summed E-state index contributed by atoms with van der Waals surface area (Å²) < 4.78 is 1.77. The summed E-state index contributed by atoms with van der Waals surface area (Å²) in [5, 5.41) is 10.2. The summed E-state index contributed by atoms with van der Waals surface area (Å²) >= 11 is 1.66. The molecule has 0 unspecified atom stereocenters. The maximum Gasteiger partial charge on any atom is 0.319 e. The molecule has 2 N–H and O–H groups in total. The molecule has 1 aromatic carbocycles. The van der Waals surface area contributed by atoms with Crippen LogP contribution in [-0.2, 0) is 0 Å². The van der Waals surface area contributed by atoms with E-state index in [4.69, 9.17) is 0 Å². The first-order valence-corrected chi connectivity index (χ1v) is 9.48. The molecule has 0 saturated heterocycles. The number of amides is 2. The summed E-state index contributed by atoms with van der Waals surface area (Å²) in [6.07, 6.45) is 5.51. The molecule has 0 saturated carbocycles. The zero-order valence-electron chi connectivity index (χ0n) is 14.9. The molecule has 7 heteroatoms. The number of pyridine rings is 1. The first kappa shape index (κ1) is 18.0. The highest BCUT2D eigenvalue weighted by Crippen LogP contribution is 2.20. The van der Waals surface area contributed by atoms with Crippen molar-refractivity contribution in [2.45, 2.75) is 24.8 Å². The fraction of sp³-hybridized carbons (Fsp3) is 0.211. The average Bonchev–Trinajstić information content (AvgIpc) is 3.04. The molecule has 0 aliphatic rings. The number of rotatable bonds is 5. The average molecular weight is 367 g/mol. The topological polar surface area (TPSA) is 71.8 Å².